The Hall–Kier alpha value is -1.95. The van der Waals surface area contributed by atoms with Gasteiger partial charge in [0.05, 0.1) is 17.8 Å². The fourth-order valence-corrected chi connectivity index (χ4v) is 1.44. The predicted octanol–water partition coefficient (Wildman–Crippen LogP) is 1.34. The van der Waals surface area contributed by atoms with E-state index in [0.717, 1.165) is 0 Å². The maximum absolute atomic E-state index is 11.5. The standard InChI is InChI=1S/C11H14ClN3O3/c1-6(10(16)15-11(13)17)14-9-5-7(18-2)3-4-8(9)12/h3-6,14H,1-2H3,(H3,13,15,16,17). The molecule has 18 heavy (non-hydrogen) atoms. The summed E-state index contributed by atoms with van der Waals surface area (Å²) in [6.45, 7) is 1.58. The first-order valence-corrected chi connectivity index (χ1v) is 5.52. The lowest BCUT2D eigenvalue weighted by atomic mass is 10.2. The van der Waals surface area contributed by atoms with Crippen LogP contribution in [0.4, 0.5) is 10.5 Å². The second-order valence-electron chi connectivity index (χ2n) is 3.57. The maximum atomic E-state index is 11.5. The number of benzene rings is 1. The molecule has 7 heteroatoms. The van der Waals surface area contributed by atoms with Crippen molar-refractivity contribution in [3.8, 4) is 5.75 Å². The van der Waals surface area contributed by atoms with E-state index in [0.29, 0.717) is 16.5 Å². The average molecular weight is 272 g/mol. The topological polar surface area (TPSA) is 93.4 Å². The number of hydrogen-bond donors (Lipinski definition) is 3. The predicted molar refractivity (Wildman–Crippen MR) is 68.8 cm³/mol. The van der Waals surface area contributed by atoms with Crippen LogP contribution in [0.15, 0.2) is 18.2 Å². The number of imide groups is 1. The van der Waals surface area contributed by atoms with Gasteiger partial charge in [-0.05, 0) is 19.1 Å². The van der Waals surface area contributed by atoms with E-state index in [1.807, 2.05) is 5.32 Å². The number of nitrogens with one attached hydrogen (secondary N) is 2. The zero-order valence-corrected chi connectivity index (χ0v) is 10.7. The van der Waals surface area contributed by atoms with Gasteiger partial charge in [-0.1, -0.05) is 11.6 Å². The summed E-state index contributed by atoms with van der Waals surface area (Å²) in [4.78, 5) is 22.0. The second-order valence-corrected chi connectivity index (χ2v) is 3.97. The van der Waals surface area contributed by atoms with Gasteiger partial charge in [0, 0.05) is 6.07 Å². The molecule has 0 spiro atoms. The van der Waals surface area contributed by atoms with Crippen molar-refractivity contribution in [3.63, 3.8) is 0 Å². The summed E-state index contributed by atoms with van der Waals surface area (Å²) in [5.74, 6) is 0.0609. The highest BCUT2D eigenvalue weighted by Gasteiger charge is 2.15. The van der Waals surface area contributed by atoms with E-state index < -0.39 is 18.0 Å². The number of halogens is 1. The zero-order chi connectivity index (χ0) is 13.7. The molecular weight excluding hydrogens is 258 g/mol. The summed E-state index contributed by atoms with van der Waals surface area (Å²) in [7, 11) is 1.52. The van der Waals surface area contributed by atoms with Crippen LogP contribution in [-0.2, 0) is 4.79 Å². The Labute approximate surface area is 109 Å². The van der Waals surface area contributed by atoms with Gasteiger partial charge in [0.25, 0.3) is 0 Å². The molecule has 0 aliphatic rings. The van der Waals surface area contributed by atoms with Crippen molar-refractivity contribution >= 4 is 29.2 Å². The Bertz CT molecular complexity index is 465. The number of ether oxygens (including phenoxy) is 1. The number of primary amides is 1. The molecule has 4 N–H and O–H groups in total. The summed E-state index contributed by atoms with van der Waals surface area (Å²) < 4.78 is 5.04. The van der Waals surface area contributed by atoms with Gasteiger partial charge in [-0.25, -0.2) is 4.79 Å². The van der Waals surface area contributed by atoms with Gasteiger partial charge in [0.15, 0.2) is 0 Å². The van der Waals surface area contributed by atoms with Crippen molar-refractivity contribution in [2.24, 2.45) is 5.73 Å². The summed E-state index contributed by atoms with van der Waals surface area (Å²) in [6.07, 6.45) is 0. The third-order valence-electron chi connectivity index (χ3n) is 2.19. The monoisotopic (exact) mass is 271 g/mol. The lowest BCUT2D eigenvalue weighted by Crippen LogP contribution is -2.43. The first-order valence-electron chi connectivity index (χ1n) is 5.14. The molecule has 0 saturated heterocycles. The number of rotatable bonds is 4. The largest absolute Gasteiger partial charge is 0.497 e. The van der Waals surface area contributed by atoms with E-state index in [1.54, 1.807) is 25.1 Å². The van der Waals surface area contributed by atoms with Gasteiger partial charge in [0.2, 0.25) is 5.91 Å². The molecule has 1 aromatic rings. The Morgan fingerprint density at radius 3 is 2.67 bits per heavy atom. The first kappa shape index (κ1) is 14.1. The fourth-order valence-electron chi connectivity index (χ4n) is 1.27. The number of carbonyl (C=O) groups excluding carboxylic acids is 2. The number of urea groups is 1. The normalized spacial score (nSPS) is 11.5. The van der Waals surface area contributed by atoms with E-state index in [9.17, 15) is 9.59 Å². The average Bonchev–Trinajstić information content (AvgIpc) is 2.31. The SMILES string of the molecule is COc1ccc(Cl)c(NC(C)C(=O)NC(N)=O)c1. The minimum Gasteiger partial charge on any atom is -0.497 e. The van der Waals surface area contributed by atoms with Crippen molar-refractivity contribution < 1.29 is 14.3 Å². The zero-order valence-electron chi connectivity index (χ0n) is 9.99. The van der Waals surface area contributed by atoms with Gasteiger partial charge < -0.3 is 15.8 Å². The molecule has 0 bridgehead atoms. The molecule has 1 unspecified atom stereocenters. The van der Waals surface area contributed by atoms with Gasteiger partial charge in [-0.15, -0.1) is 0 Å². The summed E-state index contributed by atoms with van der Waals surface area (Å²) >= 11 is 5.97. The highest BCUT2D eigenvalue weighted by Crippen LogP contribution is 2.27. The molecule has 0 aromatic heterocycles. The summed E-state index contributed by atoms with van der Waals surface area (Å²) in [6, 6.07) is 3.42. The van der Waals surface area contributed by atoms with Crippen LogP contribution in [0.2, 0.25) is 5.02 Å². The highest BCUT2D eigenvalue weighted by atomic mass is 35.5. The van der Waals surface area contributed by atoms with Crippen LogP contribution in [0.5, 0.6) is 5.75 Å². The Kier molecular flexibility index (Phi) is 4.79. The van der Waals surface area contributed by atoms with Gasteiger partial charge >= 0.3 is 6.03 Å². The van der Waals surface area contributed by atoms with E-state index >= 15 is 0 Å². The third kappa shape index (κ3) is 3.81. The van der Waals surface area contributed by atoms with E-state index in [1.165, 1.54) is 7.11 Å². The van der Waals surface area contributed by atoms with Gasteiger partial charge in [-0.3, -0.25) is 10.1 Å². The van der Waals surface area contributed by atoms with Crippen LogP contribution in [-0.4, -0.2) is 25.1 Å². The summed E-state index contributed by atoms with van der Waals surface area (Å²) in [5, 5.41) is 5.27. The number of hydrogen-bond acceptors (Lipinski definition) is 4. The smallest absolute Gasteiger partial charge is 0.318 e. The Morgan fingerprint density at radius 2 is 2.11 bits per heavy atom. The minimum atomic E-state index is -0.898. The van der Waals surface area contributed by atoms with Crippen molar-refractivity contribution in [3.05, 3.63) is 23.2 Å². The van der Waals surface area contributed by atoms with Gasteiger partial charge in [-0.2, -0.15) is 0 Å². The molecule has 98 valence electrons. The maximum Gasteiger partial charge on any atom is 0.318 e. The Balaban J connectivity index is 2.77. The molecule has 0 aliphatic carbocycles. The van der Waals surface area contributed by atoms with Crippen molar-refractivity contribution in [1.29, 1.82) is 0 Å². The van der Waals surface area contributed by atoms with E-state index in [-0.39, 0.29) is 0 Å². The molecule has 0 aliphatic heterocycles. The van der Waals surface area contributed by atoms with E-state index in [4.69, 9.17) is 22.1 Å². The molecule has 3 amide bonds. The van der Waals surface area contributed by atoms with Crippen LogP contribution in [0.1, 0.15) is 6.92 Å². The first-order chi connectivity index (χ1) is 8.43. The van der Waals surface area contributed by atoms with Crippen LogP contribution >= 0.6 is 11.6 Å². The number of amides is 3. The number of anilines is 1. The van der Waals surface area contributed by atoms with Crippen molar-refractivity contribution in [2.75, 3.05) is 12.4 Å². The minimum absolute atomic E-state index is 0.439. The van der Waals surface area contributed by atoms with Crippen LogP contribution < -0.4 is 21.1 Å². The molecule has 0 radical (unpaired) electrons. The van der Waals surface area contributed by atoms with Gasteiger partial charge in [0.1, 0.15) is 11.8 Å². The van der Waals surface area contributed by atoms with Crippen LogP contribution in [0.25, 0.3) is 0 Å². The lowest BCUT2D eigenvalue weighted by molar-refractivity contribution is -0.120. The molecule has 0 saturated carbocycles. The summed E-state index contributed by atoms with van der Waals surface area (Å²) in [5.41, 5.74) is 5.39. The second kappa shape index (κ2) is 6.11. The molecule has 0 fully saturated rings. The lowest BCUT2D eigenvalue weighted by Gasteiger charge is -2.15. The van der Waals surface area contributed by atoms with Crippen LogP contribution in [0.3, 0.4) is 0 Å². The molecule has 1 rings (SSSR count). The fraction of sp³-hybridized carbons (Fsp3) is 0.273. The quantitative estimate of drug-likeness (QED) is 0.770. The molecular formula is C11H14ClN3O3. The van der Waals surface area contributed by atoms with Crippen molar-refractivity contribution in [2.45, 2.75) is 13.0 Å². The molecule has 1 atom stereocenters. The molecule has 0 heterocycles. The number of methoxy groups -OCH3 is 1. The Morgan fingerprint density at radius 1 is 1.44 bits per heavy atom. The highest BCUT2D eigenvalue weighted by molar-refractivity contribution is 6.33. The molecule has 1 aromatic carbocycles. The number of carbonyl (C=O) groups is 2. The van der Waals surface area contributed by atoms with Crippen LogP contribution in [0, 0.1) is 0 Å². The number of nitrogens with two attached hydrogens (primary N) is 1. The van der Waals surface area contributed by atoms with E-state index in [2.05, 4.69) is 5.32 Å². The van der Waals surface area contributed by atoms with Crippen molar-refractivity contribution in [1.82, 2.24) is 5.32 Å². The third-order valence-corrected chi connectivity index (χ3v) is 2.51. The molecule has 6 nitrogen and oxygen atoms in total.